The minimum atomic E-state index is -1.09. The Labute approximate surface area is 179 Å². The van der Waals surface area contributed by atoms with Gasteiger partial charge in [-0.2, -0.15) is 0 Å². The number of likely N-dealkylation sites (tertiary alicyclic amines) is 1. The van der Waals surface area contributed by atoms with Gasteiger partial charge < -0.3 is 10.4 Å². The summed E-state index contributed by atoms with van der Waals surface area (Å²) in [7, 11) is 0. The van der Waals surface area contributed by atoms with Crippen LogP contribution in [0.3, 0.4) is 0 Å². The lowest BCUT2D eigenvalue weighted by molar-refractivity contribution is -0.0656. The van der Waals surface area contributed by atoms with Crippen LogP contribution in [0.25, 0.3) is 0 Å². The molecule has 3 aromatic rings. The predicted octanol–water partition coefficient (Wildman–Crippen LogP) is 3.78. The summed E-state index contributed by atoms with van der Waals surface area (Å²) < 4.78 is 13.3. The van der Waals surface area contributed by atoms with Crippen molar-refractivity contribution in [2.45, 2.75) is 37.6 Å². The highest BCUT2D eigenvalue weighted by atomic mass is 32.1. The van der Waals surface area contributed by atoms with Crippen molar-refractivity contribution in [1.29, 1.82) is 0 Å². The van der Waals surface area contributed by atoms with Gasteiger partial charge in [0.05, 0.1) is 17.7 Å². The van der Waals surface area contributed by atoms with E-state index < -0.39 is 17.5 Å². The average Bonchev–Trinajstić information content (AvgIpc) is 3.26. The fourth-order valence-corrected chi connectivity index (χ4v) is 4.88. The van der Waals surface area contributed by atoms with Crippen molar-refractivity contribution in [2.24, 2.45) is 0 Å². The molecule has 1 saturated heterocycles. The summed E-state index contributed by atoms with van der Waals surface area (Å²) in [5.41, 5.74) is 0.348. The molecule has 1 amide bonds. The molecule has 0 bridgehead atoms. The molecule has 30 heavy (non-hydrogen) atoms. The van der Waals surface area contributed by atoms with E-state index in [0.29, 0.717) is 25.1 Å². The Balaban J connectivity index is 1.65. The molecular formula is C23H24FN3O2S. The highest BCUT2D eigenvalue weighted by Crippen LogP contribution is 2.39. The molecule has 0 saturated carbocycles. The van der Waals surface area contributed by atoms with Gasteiger partial charge in [-0.25, -0.2) is 4.39 Å². The van der Waals surface area contributed by atoms with Crippen LogP contribution in [0.2, 0.25) is 0 Å². The van der Waals surface area contributed by atoms with E-state index in [4.69, 9.17) is 0 Å². The first kappa shape index (κ1) is 20.7. The minimum Gasteiger partial charge on any atom is -0.388 e. The smallest absolute Gasteiger partial charge is 0.251 e. The zero-order chi connectivity index (χ0) is 21.1. The van der Waals surface area contributed by atoms with Crippen molar-refractivity contribution in [3.05, 3.63) is 88.1 Å². The third-order valence-corrected chi connectivity index (χ3v) is 6.56. The molecule has 3 heterocycles. The second kappa shape index (κ2) is 8.63. The fraction of sp³-hybridized carbons (Fsp3) is 0.304. The monoisotopic (exact) mass is 425 g/mol. The third-order valence-electron chi connectivity index (χ3n) is 5.62. The molecule has 1 aliphatic rings. The summed E-state index contributed by atoms with van der Waals surface area (Å²) in [5, 5.41) is 16.3. The summed E-state index contributed by atoms with van der Waals surface area (Å²) >= 11 is 1.60. The Morgan fingerprint density at radius 3 is 2.77 bits per heavy atom. The van der Waals surface area contributed by atoms with Gasteiger partial charge in [-0.3, -0.25) is 14.7 Å². The van der Waals surface area contributed by atoms with Crippen LogP contribution < -0.4 is 5.32 Å². The van der Waals surface area contributed by atoms with Gasteiger partial charge in [0.15, 0.2) is 0 Å². The molecular weight excluding hydrogens is 401 g/mol. The van der Waals surface area contributed by atoms with E-state index in [1.165, 1.54) is 24.3 Å². The van der Waals surface area contributed by atoms with Gasteiger partial charge in [-0.1, -0.05) is 12.1 Å². The van der Waals surface area contributed by atoms with Crippen LogP contribution >= 0.6 is 11.3 Å². The zero-order valence-electron chi connectivity index (χ0n) is 16.7. The van der Waals surface area contributed by atoms with Crippen LogP contribution in [0.4, 0.5) is 4.39 Å². The number of benzene rings is 1. The average molecular weight is 426 g/mol. The van der Waals surface area contributed by atoms with Gasteiger partial charge in [-0.05, 0) is 60.7 Å². The fourth-order valence-electron chi connectivity index (χ4n) is 3.98. The van der Waals surface area contributed by atoms with Crippen LogP contribution in [0.1, 0.15) is 40.2 Å². The molecule has 0 aliphatic carbocycles. The molecule has 3 unspecified atom stereocenters. The SMILES string of the molecule is CC1(O)CCN(Cc2cccnc2)C(c2cccs2)C1NC(=O)c1ccc(F)cc1. The lowest BCUT2D eigenvalue weighted by Gasteiger charge is -2.48. The molecule has 0 radical (unpaired) electrons. The number of amides is 1. The van der Waals surface area contributed by atoms with Crippen molar-refractivity contribution in [3.8, 4) is 0 Å². The molecule has 4 rings (SSSR count). The maximum atomic E-state index is 13.3. The van der Waals surface area contributed by atoms with E-state index in [9.17, 15) is 14.3 Å². The Morgan fingerprint density at radius 1 is 1.30 bits per heavy atom. The summed E-state index contributed by atoms with van der Waals surface area (Å²) in [6.45, 7) is 3.12. The van der Waals surface area contributed by atoms with Crippen molar-refractivity contribution in [2.75, 3.05) is 6.54 Å². The van der Waals surface area contributed by atoms with Gasteiger partial charge in [-0.15, -0.1) is 11.3 Å². The first-order valence-corrected chi connectivity index (χ1v) is 10.8. The summed E-state index contributed by atoms with van der Waals surface area (Å²) in [5.74, 6) is -0.722. The van der Waals surface area contributed by atoms with Gasteiger partial charge in [0.25, 0.3) is 5.91 Å². The second-order valence-electron chi connectivity index (χ2n) is 7.86. The van der Waals surface area contributed by atoms with Crippen LogP contribution in [-0.4, -0.2) is 39.1 Å². The first-order valence-electron chi connectivity index (χ1n) is 9.89. The first-order chi connectivity index (χ1) is 14.4. The number of nitrogens with zero attached hydrogens (tertiary/aromatic N) is 2. The molecule has 7 heteroatoms. The van der Waals surface area contributed by atoms with Crippen molar-refractivity contribution < 1.29 is 14.3 Å². The number of nitrogens with one attached hydrogen (secondary N) is 1. The number of hydrogen-bond donors (Lipinski definition) is 2. The highest BCUT2D eigenvalue weighted by molar-refractivity contribution is 7.10. The van der Waals surface area contributed by atoms with E-state index >= 15 is 0 Å². The van der Waals surface area contributed by atoms with Crippen LogP contribution in [0.15, 0.2) is 66.3 Å². The third kappa shape index (κ3) is 4.43. The lowest BCUT2D eigenvalue weighted by atomic mass is 9.81. The van der Waals surface area contributed by atoms with Gasteiger partial charge >= 0.3 is 0 Å². The van der Waals surface area contributed by atoms with Crippen molar-refractivity contribution in [3.63, 3.8) is 0 Å². The van der Waals surface area contributed by atoms with E-state index in [1.807, 2.05) is 35.8 Å². The number of halogens is 1. The molecule has 2 N–H and O–H groups in total. The van der Waals surface area contributed by atoms with E-state index in [2.05, 4.69) is 15.2 Å². The molecule has 1 aliphatic heterocycles. The molecule has 5 nitrogen and oxygen atoms in total. The number of carbonyl (C=O) groups excluding carboxylic acids is 1. The number of aliphatic hydroxyl groups is 1. The highest BCUT2D eigenvalue weighted by Gasteiger charge is 2.46. The van der Waals surface area contributed by atoms with Gasteiger partial charge in [0, 0.05) is 35.9 Å². The molecule has 2 aromatic heterocycles. The standard InChI is InChI=1S/C23H24FN3O2S/c1-23(29)10-12-27(15-16-4-2-11-25-14-16)20(19-5-3-13-30-19)21(23)26-22(28)17-6-8-18(24)9-7-17/h2-9,11,13-14,20-21,29H,10,12,15H2,1H3,(H,26,28). The van der Waals surface area contributed by atoms with Crippen molar-refractivity contribution >= 4 is 17.2 Å². The topological polar surface area (TPSA) is 65.5 Å². The Morgan fingerprint density at radius 2 is 2.10 bits per heavy atom. The zero-order valence-corrected chi connectivity index (χ0v) is 17.5. The number of piperidine rings is 1. The summed E-state index contributed by atoms with van der Waals surface area (Å²) in [4.78, 5) is 20.5. The molecule has 1 fully saturated rings. The summed E-state index contributed by atoms with van der Waals surface area (Å²) in [6, 6.07) is 12.6. The lowest BCUT2D eigenvalue weighted by Crippen LogP contribution is -2.62. The molecule has 0 spiro atoms. The Bertz CT molecular complexity index is 977. The maximum absolute atomic E-state index is 13.3. The number of aromatic nitrogens is 1. The number of rotatable bonds is 5. The Hall–Kier alpha value is -2.61. The van der Waals surface area contributed by atoms with Gasteiger partial charge in [0.1, 0.15) is 5.82 Å². The maximum Gasteiger partial charge on any atom is 0.251 e. The van der Waals surface area contributed by atoms with Crippen LogP contribution in [0, 0.1) is 5.82 Å². The van der Waals surface area contributed by atoms with E-state index in [0.717, 1.165) is 10.4 Å². The van der Waals surface area contributed by atoms with Crippen LogP contribution in [0.5, 0.6) is 0 Å². The molecule has 156 valence electrons. The molecule has 3 atom stereocenters. The quantitative estimate of drug-likeness (QED) is 0.653. The number of carbonyl (C=O) groups is 1. The second-order valence-corrected chi connectivity index (χ2v) is 8.84. The number of thiophene rings is 1. The minimum absolute atomic E-state index is 0.196. The normalized spacial score (nSPS) is 24.5. The predicted molar refractivity (Wildman–Crippen MR) is 115 cm³/mol. The van der Waals surface area contributed by atoms with E-state index in [-0.39, 0.29) is 11.9 Å². The van der Waals surface area contributed by atoms with E-state index in [1.54, 1.807) is 24.5 Å². The molecule has 1 aromatic carbocycles. The summed E-state index contributed by atoms with van der Waals surface area (Å²) in [6.07, 6.45) is 4.10. The largest absolute Gasteiger partial charge is 0.388 e. The number of pyridine rings is 1. The van der Waals surface area contributed by atoms with Crippen LogP contribution in [-0.2, 0) is 6.54 Å². The van der Waals surface area contributed by atoms with Gasteiger partial charge in [0.2, 0.25) is 0 Å². The Kier molecular flexibility index (Phi) is 5.94. The number of hydrogen-bond acceptors (Lipinski definition) is 5. The van der Waals surface area contributed by atoms with Crippen molar-refractivity contribution in [1.82, 2.24) is 15.2 Å².